The van der Waals surface area contributed by atoms with Crippen LogP contribution in [-0.4, -0.2) is 30.1 Å². The molecule has 0 fully saturated rings. The summed E-state index contributed by atoms with van der Waals surface area (Å²) in [6.45, 7) is 4.04. The van der Waals surface area contributed by atoms with Gasteiger partial charge in [-0.15, -0.1) is 0 Å². The van der Waals surface area contributed by atoms with Crippen molar-refractivity contribution >= 4 is 17.3 Å². The summed E-state index contributed by atoms with van der Waals surface area (Å²) >= 11 is 0. The highest BCUT2D eigenvalue weighted by atomic mass is 16.7. The van der Waals surface area contributed by atoms with Gasteiger partial charge in [-0.05, 0) is 55.8 Å². The Kier molecular flexibility index (Phi) is 5.52. The lowest BCUT2D eigenvalue weighted by Crippen LogP contribution is -2.46. The minimum absolute atomic E-state index is 0.149. The highest BCUT2D eigenvalue weighted by molar-refractivity contribution is 6.01. The summed E-state index contributed by atoms with van der Waals surface area (Å²) in [6, 6.07) is 20.0. The van der Waals surface area contributed by atoms with Crippen molar-refractivity contribution < 1.29 is 23.5 Å². The van der Waals surface area contributed by atoms with Crippen molar-refractivity contribution in [2.45, 2.75) is 19.9 Å². The van der Waals surface area contributed by atoms with Gasteiger partial charge in [0.25, 0.3) is 5.89 Å². The van der Waals surface area contributed by atoms with Gasteiger partial charge in [-0.2, -0.15) is 4.98 Å². The van der Waals surface area contributed by atoms with Gasteiger partial charge in [0.15, 0.2) is 11.5 Å². The molecule has 3 aromatic carbocycles. The summed E-state index contributed by atoms with van der Waals surface area (Å²) in [6.07, 6.45) is 0. The molecule has 2 aliphatic heterocycles. The van der Waals surface area contributed by atoms with E-state index >= 15 is 0 Å². The number of urea groups is 1. The molecule has 3 heterocycles. The number of carbonyl (C=O) groups is 1. The summed E-state index contributed by atoms with van der Waals surface area (Å²) in [5.41, 5.74) is 4.81. The number of allylic oxidation sites excluding steroid dienone is 1. The van der Waals surface area contributed by atoms with Crippen LogP contribution < -0.4 is 24.4 Å². The summed E-state index contributed by atoms with van der Waals surface area (Å²) in [5.74, 6) is 2.72. The molecule has 6 rings (SSSR count). The Labute approximate surface area is 213 Å². The largest absolute Gasteiger partial charge is 0.497 e. The van der Waals surface area contributed by atoms with Crippen LogP contribution in [0.2, 0.25) is 0 Å². The molecule has 0 bridgehead atoms. The first-order valence-electron chi connectivity index (χ1n) is 11.8. The molecule has 0 spiro atoms. The number of aryl methyl sites for hydroxylation is 1. The highest BCUT2D eigenvalue weighted by Gasteiger charge is 2.37. The predicted molar refractivity (Wildman–Crippen MR) is 136 cm³/mol. The first kappa shape index (κ1) is 22.7. The molecule has 9 heteroatoms. The van der Waals surface area contributed by atoms with Crippen LogP contribution in [0, 0.1) is 6.92 Å². The summed E-state index contributed by atoms with van der Waals surface area (Å²) in [7, 11) is 1.62. The number of hydrogen-bond acceptors (Lipinski definition) is 7. The lowest BCUT2D eigenvalue weighted by molar-refractivity contribution is 0.174. The normalized spacial score (nSPS) is 16.7. The second-order valence-electron chi connectivity index (χ2n) is 8.82. The standard InChI is InChI=1S/C28H24N4O5/c1-16-4-6-18(7-5-16)25-24(27-30-26(31-37-27)19-8-11-21(34-3)12-9-19)17(2)32(28(33)29-25)20-10-13-22-23(14-20)36-15-35-22/h4-14,25H,15H2,1-3H3,(H,29,33). The summed E-state index contributed by atoms with van der Waals surface area (Å²) in [5, 5.41) is 7.35. The topological polar surface area (TPSA) is 99.0 Å². The average Bonchev–Trinajstić information content (AvgIpc) is 3.59. The van der Waals surface area contributed by atoms with Gasteiger partial charge in [-0.25, -0.2) is 4.79 Å². The molecule has 2 aliphatic rings. The molecule has 0 saturated heterocycles. The molecule has 1 aromatic heterocycles. The summed E-state index contributed by atoms with van der Waals surface area (Å²) in [4.78, 5) is 19.7. The number of hydrogen-bond donors (Lipinski definition) is 1. The first-order valence-corrected chi connectivity index (χ1v) is 11.8. The zero-order valence-corrected chi connectivity index (χ0v) is 20.5. The number of fused-ring (bicyclic) bond motifs is 1. The minimum Gasteiger partial charge on any atom is -0.497 e. The van der Waals surface area contributed by atoms with Gasteiger partial charge in [-0.1, -0.05) is 35.0 Å². The van der Waals surface area contributed by atoms with E-state index in [0.29, 0.717) is 40.2 Å². The summed E-state index contributed by atoms with van der Waals surface area (Å²) < 4.78 is 22.0. The van der Waals surface area contributed by atoms with Gasteiger partial charge in [0.1, 0.15) is 5.75 Å². The fraction of sp³-hybridized carbons (Fsp3) is 0.179. The number of ether oxygens (including phenoxy) is 3. The second-order valence-corrected chi connectivity index (χ2v) is 8.82. The molecule has 4 aromatic rings. The average molecular weight is 497 g/mol. The highest BCUT2D eigenvalue weighted by Crippen LogP contribution is 2.42. The SMILES string of the molecule is COc1ccc(-c2noc(C3=C(C)N(c4ccc5c(c4)OCO5)C(=O)NC3c3ccc(C)cc3)n2)cc1. The van der Waals surface area contributed by atoms with E-state index in [1.165, 1.54) is 0 Å². The van der Waals surface area contributed by atoms with Crippen LogP contribution in [0.5, 0.6) is 17.2 Å². The van der Waals surface area contributed by atoms with Crippen LogP contribution in [0.1, 0.15) is 30.0 Å². The van der Waals surface area contributed by atoms with Crippen molar-refractivity contribution in [2.24, 2.45) is 0 Å². The van der Waals surface area contributed by atoms with Crippen LogP contribution >= 0.6 is 0 Å². The van der Waals surface area contributed by atoms with Crippen LogP contribution in [0.4, 0.5) is 10.5 Å². The maximum Gasteiger partial charge on any atom is 0.327 e. The van der Waals surface area contributed by atoms with Gasteiger partial charge in [0.05, 0.1) is 24.4 Å². The van der Waals surface area contributed by atoms with E-state index in [1.54, 1.807) is 24.1 Å². The monoisotopic (exact) mass is 496 g/mol. The second kappa shape index (κ2) is 9.02. The molecule has 0 aliphatic carbocycles. The Balaban J connectivity index is 1.46. The van der Waals surface area contributed by atoms with Gasteiger partial charge in [-0.3, -0.25) is 4.90 Å². The van der Waals surface area contributed by atoms with Crippen LogP contribution in [-0.2, 0) is 0 Å². The number of nitrogens with one attached hydrogen (secondary N) is 1. The maximum absolute atomic E-state index is 13.5. The molecule has 1 atom stereocenters. The number of amides is 2. The van der Waals surface area contributed by atoms with Crippen molar-refractivity contribution in [3.8, 4) is 28.6 Å². The van der Waals surface area contributed by atoms with Crippen molar-refractivity contribution in [3.63, 3.8) is 0 Å². The van der Waals surface area contributed by atoms with Crippen molar-refractivity contribution in [1.82, 2.24) is 15.5 Å². The Morgan fingerprint density at radius 1 is 0.973 bits per heavy atom. The molecule has 1 unspecified atom stereocenters. The van der Waals surface area contributed by atoms with Gasteiger partial charge in [0, 0.05) is 17.3 Å². The molecular formula is C28H24N4O5. The van der Waals surface area contributed by atoms with Crippen molar-refractivity contribution in [3.05, 3.63) is 89.4 Å². The van der Waals surface area contributed by atoms with E-state index in [1.807, 2.05) is 68.4 Å². The van der Waals surface area contributed by atoms with Crippen LogP contribution in [0.3, 0.4) is 0 Å². The maximum atomic E-state index is 13.5. The van der Waals surface area contributed by atoms with E-state index < -0.39 is 6.04 Å². The molecular weight excluding hydrogens is 472 g/mol. The van der Waals surface area contributed by atoms with Gasteiger partial charge < -0.3 is 24.1 Å². The third kappa shape index (κ3) is 4.04. The fourth-order valence-electron chi connectivity index (χ4n) is 4.55. The minimum atomic E-state index is -0.484. The van der Waals surface area contributed by atoms with Crippen LogP contribution in [0.25, 0.3) is 17.0 Å². The Hall–Kier alpha value is -4.79. The number of methoxy groups -OCH3 is 1. The number of anilines is 1. The smallest absolute Gasteiger partial charge is 0.327 e. The predicted octanol–water partition coefficient (Wildman–Crippen LogP) is 5.48. The third-order valence-electron chi connectivity index (χ3n) is 6.51. The zero-order chi connectivity index (χ0) is 25.5. The molecule has 9 nitrogen and oxygen atoms in total. The molecule has 186 valence electrons. The Morgan fingerprint density at radius 2 is 1.73 bits per heavy atom. The van der Waals surface area contributed by atoms with Crippen molar-refractivity contribution in [2.75, 3.05) is 18.8 Å². The number of aromatic nitrogens is 2. The third-order valence-corrected chi connectivity index (χ3v) is 6.51. The molecule has 1 N–H and O–H groups in total. The molecule has 2 amide bonds. The lowest BCUT2D eigenvalue weighted by atomic mass is 9.94. The van der Waals surface area contributed by atoms with Crippen LogP contribution in [0.15, 0.2) is 77.0 Å². The van der Waals surface area contributed by atoms with E-state index in [-0.39, 0.29) is 12.8 Å². The number of rotatable bonds is 5. The lowest BCUT2D eigenvalue weighted by Gasteiger charge is -2.35. The Morgan fingerprint density at radius 3 is 2.49 bits per heavy atom. The molecule has 37 heavy (non-hydrogen) atoms. The van der Waals surface area contributed by atoms with Gasteiger partial charge >= 0.3 is 6.03 Å². The molecule has 0 radical (unpaired) electrons. The van der Waals surface area contributed by atoms with Gasteiger partial charge in [0.2, 0.25) is 12.6 Å². The number of nitrogens with zero attached hydrogens (tertiary/aromatic N) is 3. The van der Waals surface area contributed by atoms with E-state index in [0.717, 1.165) is 22.4 Å². The molecule has 0 saturated carbocycles. The number of benzene rings is 3. The zero-order valence-electron chi connectivity index (χ0n) is 20.5. The van der Waals surface area contributed by atoms with E-state index in [2.05, 4.69) is 10.5 Å². The fourth-order valence-corrected chi connectivity index (χ4v) is 4.55. The van der Waals surface area contributed by atoms with E-state index in [9.17, 15) is 4.79 Å². The van der Waals surface area contributed by atoms with Crippen molar-refractivity contribution in [1.29, 1.82) is 0 Å². The quantitative estimate of drug-likeness (QED) is 0.390. The Bertz CT molecular complexity index is 1510. The number of carbonyl (C=O) groups excluding carboxylic acids is 1. The van der Waals surface area contributed by atoms with E-state index in [4.69, 9.17) is 23.7 Å². The first-order chi connectivity index (χ1) is 18.0.